The van der Waals surface area contributed by atoms with Crippen LogP contribution in [0.2, 0.25) is 5.02 Å². The summed E-state index contributed by atoms with van der Waals surface area (Å²) >= 11 is 6.01. The second kappa shape index (κ2) is 4.68. The van der Waals surface area contributed by atoms with Crippen molar-refractivity contribution in [3.8, 4) is 0 Å². The van der Waals surface area contributed by atoms with Crippen molar-refractivity contribution in [3.63, 3.8) is 0 Å². The molecule has 0 fully saturated rings. The van der Waals surface area contributed by atoms with Gasteiger partial charge in [0.1, 0.15) is 5.82 Å². The third-order valence-electron chi connectivity index (χ3n) is 2.48. The third kappa shape index (κ3) is 2.53. The fraction of sp³-hybridized carbons (Fsp3) is 0.0714. The van der Waals surface area contributed by atoms with Crippen molar-refractivity contribution < 1.29 is 9.18 Å². The van der Waals surface area contributed by atoms with Crippen LogP contribution < -0.4 is 0 Å². The van der Waals surface area contributed by atoms with Gasteiger partial charge in [0, 0.05) is 11.1 Å². The first-order valence-electron chi connectivity index (χ1n) is 5.14. The van der Waals surface area contributed by atoms with E-state index in [0.29, 0.717) is 16.1 Å². The highest BCUT2D eigenvalue weighted by atomic mass is 35.5. The number of ketones is 1. The second-order valence-corrected chi connectivity index (χ2v) is 4.23. The monoisotopic (exact) mass is 248 g/mol. The van der Waals surface area contributed by atoms with Crippen molar-refractivity contribution >= 4 is 17.4 Å². The molecule has 0 saturated heterocycles. The molecule has 1 nitrogen and oxygen atoms in total. The maximum Gasteiger partial charge on any atom is 0.194 e. The average molecular weight is 249 g/mol. The zero-order valence-corrected chi connectivity index (χ0v) is 9.96. The van der Waals surface area contributed by atoms with E-state index in [0.717, 1.165) is 5.56 Å². The summed E-state index contributed by atoms with van der Waals surface area (Å²) in [7, 11) is 0. The summed E-state index contributed by atoms with van der Waals surface area (Å²) in [6.45, 7) is 1.90. The lowest BCUT2D eigenvalue weighted by atomic mass is 10.0. The smallest absolute Gasteiger partial charge is 0.194 e. The van der Waals surface area contributed by atoms with Gasteiger partial charge in [0.2, 0.25) is 0 Å². The summed E-state index contributed by atoms with van der Waals surface area (Å²) in [6, 6.07) is 10.7. The minimum atomic E-state index is -0.364. The Hall–Kier alpha value is -1.67. The van der Waals surface area contributed by atoms with Crippen LogP contribution in [0.15, 0.2) is 42.5 Å². The highest BCUT2D eigenvalue weighted by Crippen LogP contribution is 2.21. The van der Waals surface area contributed by atoms with E-state index in [-0.39, 0.29) is 11.6 Å². The molecule has 0 heterocycles. The van der Waals surface area contributed by atoms with Crippen molar-refractivity contribution in [1.29, 1.82) is 0 Å². The fourth-order valence-electron chi connectivity index (χ4n) is 1.56. The Bertz CT molecular complexity index is 561. The molecule has 86 valence electrons. The number of carbonyl (C=O) groups excluding carboxylic acids is 1. The molecule has 0 aromatic heterocycles. The van der Waals surface area contributed by atoms with Gasteiger partial charge in [-0.2, -0.15) is 0 Å². The molecule has 3 heteroatoms. The number of aryl methyl sites for hydroxylation is 1. The number of halogens is 2. The summed E-state index contributed by atoms with van der Waals surface area (Å²) in [4.78, 5) is 12.1. The predicted octanol–water partition coefficient (Wildman–Crippen LogP) is 4.02. The molecule has 0 N–H and O–H groups in total. The molecule has 0 spiro atoms. The van der Waals surface area contributed by atoms with Crippen molar-refractivity contribution in [1.82, 2.24) is 0 Å². The number of benzene rings is 2. The Morgan fingerprint density at radius 1 is 1.12 bits per heavy atom. The molecular formula is C14H10ClFO. The van der Waals surface area contributed by atoms with Crippen LogP contribution in [-0.4, -0.2) is 5.78 Å². The van der Waals surface area contributed by atoms with Crippen LogP contribution in [0.3, 0.4) is 0 Å². The van der Waals surface area contributed by atoms with Gasteiger partial charge in [0.05, 0.1) is 5.02 Å². The first-order valence-corrected chi connectivity index (χ1v) is 5.52. The molecule has 0 aliphatic rings. The molecule has 2 rings (SSSR count). The minimum absolute atomic E-state index is 0.199. The number of hydrogen-bond donors (Lipinski definition) is 0. The Labute approximate surface area is 104 Å². The first kappa shape index (κ1) is 11.8. The largest absolute Gasteiger partial charge is 0.289 e. The van der Waals surface area contributed by atoms with E-state index in [4.69, 9.17) is 11.6 Å². The SMILES string of the molecule is Cc1ccc(C(=O)c2ccc(F)cc2)c(Cl)c1. The molecule has 0 aliphatic heterocycles. The Morgan fingerprint density at radius 2 is 1.76 bits per heavy atom. The maximum absolute atomic E-state index is 12.7. The number of carbonyl (C=O) groups is 1. The van der Waals surface area contributed by atoms with Gasteiger partial charge < -0.3 is 0 Å². The van der Waals surface area contributed by atoms with E-state index in [9.17, 15) is 9.18 Å². The van der Waals surface area contributed by atoms with Gasteiger partial charge in [0.25, 0.3) is 0 Å². The highest BCUT2D eigenvalue weighted by Gasteiger charge is 2.12. The van der Waals surface area contributed by atoms with Crippen LogP contribution in [0.25, 0.3) is 0 Å². The van der Waals surface area contributed by atoms with Crippen LogP contribution in [0.5, 0.6) is 0 Å². The number of rotatable bonds is 2. The van der Waals surface area contributed by atoms with Gasteiger partial charge in [-0.05, 0) is 48.9 Å². The van der Waals surface area contributed by atoms with Gasteiger partial charge in [-0.1, -0.05) is 17.7 Å². The summed E-state index contributed by atoms with van der Waals surface area (Å²) in [5, 5.41) is 0.416. The molecular weight excluding hydrogens is 239 g/mol. The van der Waals surface area contributed by atoms with Crippen LogP contribution >= 0.6 is 11.6 Å². The van der Waals surface area contributed by atoms with Gasteiger partial charge in [-0.15, -0.1) is 0 Å². The van der Waals surface area contributed by atoms with E-state index in [1.165, 1.54) is 24.3 Å². The van der Waals surface area contributed by atoms with Gasteiger partial charge >= 0.3 is 0 Å². The molecule has 0 amide bonds. The Kier molecular flexibility index (Phi) is 3.25. The Balaban J connectivity index is 2.40. The topological polar surface area (TPSA) is 17.1 Å². The molecule has 2 aromatic rings. The lowest BCUT2D eigenvalue weighted by molar-refractivity contribution is 0.103. The lowest BCUT2D eigenvalue weighted by Gasteiger charge is -2.04. The summed E-state index contributed by atoms with van der Waals surface area (Å²) in [5.74, 6) is -0.563. The van der Waals surface area contributed by atoms with E-state index in [1.807, 2.05) is 13.0 Å². The summed E-state index contributed by atoms with van der Waals surface area (Å²) in [5.41, 5.74) is 1.85. The number of hydrogen-bond acceptors (Lipinski definition) is 1. The average Bonchev–Trinajstić information content (AvgIpc) is 2.29. The molecule has 0 radical (unpaired) electrons. The molecule has 0 saturated carbocycles. The van der Waals surface area contributed by atoms with Crippen LogP contribution in [0.4, 0.5) is 4.39 Å². The Morgan fingerprint density at radius 3 is 2.35 bits per heavy atom. The van der Waals surface area contributed by atoms with Gasteiger partial charge in [0.15, 0.2) is 5.78 Å². The molecule has 0 unspecified atom stereocenters. The molecule has 0 bridgehead atoms. The first-order chi connectivity index (χ1) is 8.08. The van der Waals surface area contributed by atoms with Gasteiger partial charge in [-0.25, -0.2) is 4.39 Å². The molecule has 2 aromatic carbocycles. The zero-order valence-electron chi connectivity index (χ0n) is 9.21. The van der Waals surface area contributed by atoms with E-state index in [1.54, 1.807) is 12.1 Å². The van der Waals surface area contributed by atoms with Crippen molar-refractivity contribution in [2.45, 2.75) is 6.92 Å². The second-order valence-electron chi connectivity index (χ2n) is 3.82. The lowest BCUT2D eigenvalue weighted by Crippen LogP contribution is -2.02. The van der Waals surface area contributed by atoms with E-state index < -0.39 is 0 Å². The predicted molar refractivity (Wildman–Crippen MR) is 66.0 cm³/mol. The molecule has 0 atom stereocenters. The normalized spacial score (nSPS) is 10.3. The summed E-state index contributed by atoms with van der Waals surface area (Å²) < 4.78 is 12.7. The van der Waals surface area contributed by atoms with E-state index in [2.05, 4.69) is 0 Å². The van der Waals surface area contributed by atoms with Crippen molar-refractivity contribution in [3.05, 3.63) is 70.0 Å². The van der Waals surface area contributed by atoms with Crippen LogP contribution in [0, 0.1) is 12.7 Å². The molecule has 0 aliphatic carbocycles. The quantitative estimate of drug-likeness (QED) is 0.734. The zero-order chi connectivity index (χ0) is 12.4. The van der Waals surface area contributed by atoms with Crippen molar-refractivity contribution in [2.75, 3.05) is 0 Å². The van der Waals surface area contributed by atoms with Crippen LogP contribution in [0.1, 0.15) is 21.5 Å². The summed E-state index contributed by atoms with van der Waals surface area (Å²) in [6.07, 6.45) is 0. The minimum Gasteiger partial charge on any atom is -0.289 e. The fourth-order valence-corrected chi connectivity index (χ4v) is 1.88. The maximum atomic E-state index is 12.7. The molecule has 17 heavy (non-hydrogen) atoms. The van der Waals surface area contributed by atoms with Gasteiger partial charge in [-0.3, -0.25) is 4.79 Å². The highest BCUT2D eigenvalue weighted by molar-refractivity contribution is 6.35. The standard InChI is InChI=1S/C14H10ClFO/c1-9-2-7-12(13(15)8-9)14(17)10-3-5-11(16)6-4-10/h2-8H,1H3. The third-order valence-corrected chi connectivity index (χ3v) is 2.79. The van der Waals surface area contributed by atoms with E-state index >= 15 is 0 Å². The van der Waals surface area contributed by atoms with Crippen LogP contribution in [-0.2, 0) is 0 Å². The van der Waals surface area contributed by atoms with Crippen molar-refractivity contribution in [2.24, 2.45) is 0 Å².